The van der Waals surface area contributed by atoms with Crippen LogP contribution in [0.15, 0.2) is 45.3 Å². The van der Waals surface area contributed by atoms with Gasteiger partial charge >= 0.3 is 5.69 Å². The van der Waals surface area contributed by atoms with Crippen molar-refractivity contribution < 1.29 is 9.90 Å². The predicted molar refractivity (Wildman–Crippen MR) is 94.1 cm³/mol. The van der Waals surface area contributed by atoms with Crippen LogP contribution in [0.3, 0.4) is 0 Å². The molecule has 3 aromatic rings. The maximum atomic E-state index is 12.1. The smallest absolute Gasteiger partial charge is 0.332 e. The van der Waals surface area contributed by atoms with Crippen LogP contribution in [0.25, 0.3) is 11.2 Å². The molecule has 2 aromatic heterocycles. The zero-order valence-electron chi connectivity index (χ0n) is 14.1. The Bertz CT molecular complexity index is 1120. The average molecular weight is 356 g/mol. The molecule has 0 unspecified atom stereocenters. The van der Waals surface area contributed by atoms with E-state index in [9.17, 15) is 19.5 Å². The molecular weight excluding hydrogens is 340 g/mol. The quantitative estimate of drug-likeness (QED) is 0.472. The maximum Gasteiger partial charge on any atom is 0.332 e. The zero-order valence-corrected chi connectivity index (χ0v) is 14.1. The number of phenols is 1. The minimum Gasteiger partial charge on any atom is -0.508 e. The van der Waals surface area contributed by atoms with Crippen LogP contribution in [0.2, 0.25) is 0 Å². The van der Waals surface area contributed by atoms with E-state index in [0.29, 0.717) is 5.56 Å². The van der Waals surface area contributed by atoms with Crippen molar-refractivity contribution in [2.24, 2.45) is 19.2 Å². The number of carbonyl (C=O) groups is 1. The van der Waals surface area contributed by atoms with Crippen LogP contribution < -0.4 is 16.7 Å². The molecule has 1 aromatic carbocycles. The van der Waals surface area contributed by atoms with E-state index >= 15 is 0 Å². The number of aromatic hydroxyl groups is 1. The molecule has 1 amide bonds. The van der Waals surface area contributed by atoms with Crippen LogP contribution in [0.5, 0.6) is 5.75 Å². The normalized spacial score (nSPS) is 11.3. The van der Waals surface area contributed by atoms with Gasteiger partial charge in [0.15, 0.2) is 5.52 Å². The summed E-state index contributed by atoms with van der Waals surface area (Å²) in [5.74, 6) is -0.317. The van der Waals surface area contributed by atoms with E-state index in [1.807, 2.05) is 0 Å². The lowest BCUT2D eigenvalue weighted by molar-refractivity contribution is -0.121. The number of fused-ring (bicyclic) bond motifs is 1. The Morgan fingerprint density at radius 1 is 1.23 bits per heavy atom. The molecule has 0 fully saturated rings. The second-order valence-electron chi connectivity index (χ2n) is 5.64. The minimum absolute atomic E-state index is 0.106. The topological polar surface area (TPSA) is 124 Å². The summed E-state index contributed by atoms with van der Waals surface area (Å²) in [5.41, 5.74) is 2.39. The number of phenolic OH excluding ortho intramolecular Hbond substituents is 1. The van der Waals surface area contributed by atoms with Gasteiger partial charge in [0.25, 0.3) is 11.5 Å². The van der Waals surface area contributed by atoms with Crippen LogP contribution in [-0.4, -0.2) is 35.9 Å². The van der Waals surface area contributed by atoms with Crippen molar-refractivity contribution in [3.8, 4) is 5.75 Å². The van der Waals surface area contributed by atoms with E-state index in [1.54, 1.807) is 12.1 Å². The van der Waals surface area contributed by atoms with Gasteiger partial charge in [-0.2, -0.15) is 5.10 Å². The van der Waals surface area contributed by atoms with Crippen molar-refractivity contribution >= 4 is 23.3 Å². The van der Waals surface area contributed by atoms with E-state index in [2.05, 4.69) is 15.5 Å². The van der Waals surface area contributed by atoms with Crippen molar-refractivity contribution in [3.63, 3.8) is 0 Å². The predicted octanol–water partition coefficient (Wildman–Crippen LogP) is -0.710. The molecule has 0 bridgehead atoms. The Kier molecular flexibility index (Phi) is 4.40. The van der Waals surface area contributed by atoms with Gasteiger partial charge in [0.2, 0.25) is 0 Å². The lowest BCUT2D eigenvalue weighted by Crippen LogP contribution is -2.37. The van der Waals surface area contributed by atoms with Crippen LogP contribution in [0, 0.1) is 0 Å². The molecular formula is C16H16N6O4. The molecule has 0 aliphatic heterocycles. The third-order valence-corrected chi connectivity index (χ3v) is 3.82. The molecule has 0 atom stereocenters. The molecule has 10 nitrogen and oxygen atoms in total. The van der Waals surface area contributed by atoms with Crippen LogP contribution in [0.4, 0.5) is 0 Å². The van der Waals surface area contributed by atoms with E-state index in [-0.39, 0.29) is 23.5 Å². The standard InChI is InChI=1S/C16H16N6O4/c1-20-14-13(15(25)21(2)16(20)26)17-9-22(14)8-12(24)19-18-7-10-3-5-11(23)6-4-10/h3-7,9,23H,8H2,1-2H3,(H,19,24)/b18-7+. The van der Waals surface area contributed by atoms with Gasteiger partial charge in [-0.25, -0.2) is 15.2 Å². The second-order valence-corrected chi connectivity index (χ2v) is 5.64. The van der Waals surface area contributed by atoms with Gasteiger partial charge in [0.1, 0.15) is 17.9 Å². The van der Waals surface area contributed by atoms with Crippen LogP contribution in [0.1, 0.15) is 5.56 Å². The summed E-state index contributed by atoms with van der Waals surface area (Å²) >= 11 is 0. The number of hydrogen-bond acceptors (Lipinski definition) is 6. The first kappa shape index (κ1) is 17.1. The first-order chi connectivity index (χ1) is 12.4. The minimum atomic E-state index is -0.521. The number of benzene rings is 1. The number of rotatable bonds is 4. The monoisotopic (exact) mass is 356 g/mol. The van der Waals surface area contributed by atoms with E-state index in [1.165, 1.54) is 47.9 Å². The highest BCUT2D eigenvalue weighted by molar-refractivity contribution is 5.83. The van der Waals surface area contributed by atoms with E-state index in [0.717, 1.165) is 4.57 Å². The van der Waals surface area contributed by atoms with Crippen molar-refractivity contribution in [2.45, 2.75) is 6.54 Å². The average Bonchev–Trinajstić information content (AvgIpc) is 3.03. The van der Waals surface area contributed by atoms with Crippen LogP contribution in [-0.2, 0) is 25.4 Å². The second kappa shape index (κ2) is 6.67. The Morgan fingerprint density at radius 3 is 2.62 bits per heavy atom. The van der Waals surface area contributed by atoms with E-state index < -0.39 is 17.2 Å². The number of aryl methyl sites for hydroxylation is 1. The highest BCUT2D eigenvalue weighted by Crippen LogP contribution is 2.08. The van der Waals surface area contributed by atoms with Gasteiger partial charge in [-0.1, -0.05) is 0 Å². The molecule has 10 heteroatoms. The summed E-state index contributed by atoms with van der Waals surface area (Å²) in [6.45, 7) is -0.163. The fraction of sp³-hybridized carbons (Fsp3) is 0.188. The van der Waals surface area contributed by atoms with Gasteiger partial charge in [0.05, 0.1) is 12.5 Å². The molecule has 0 radical (unpaired) electrons. The molecule has 26 heavy (non-hydrogen) atoms. The molecule has 2 N–H and O–H groups in total. The maximum absolute atomic E-state index is 12.1. The summed E-state index contributed by atoms with van der Waals surface area (Å²) < 4.78 is 3.63. The Hall–Kier alpha value is -3.69. The molecule has 134 valence electrons. The summed E-state index contributed by atoms with van der Waals surface area (Å²) in [5, 5.41) is 13.0. The van der Waals surface area contributed by atoms with Gasteiger partial charge in [-0.15, -0.1) is 0 Å². The van der Waals surface area contributed by atoms with Gasteiger partial charge in [0, 0.05) is 14.1 Å². The molecule has 0 spiro atoms. The fourth-order valence-corrected chi connectivity index (χ4v) is 2.48. The third kappa shape index (κ3) is 3.11. The number of carbonyl (C=O) groups excluding carboxylic acids is 1. The molecule has 3 rings (SSSR count). The Morgan fingerprint density at radius 2 is 1.92 bits per heavy atom. The molecule has 0 aliphatic carbocycles. The van der Waals surface area contributed by atoms with Gasteiger partial charge < -0.3 is 9.67 Å². The highest BCUT2D eigenvalue weighted by atomic mass is 16.3. The summed E-state index contributed by atoms with van der Waals surface area (Å²) in [6, 6.07) is 6.28. The summed E-state index contributed by atoms with van der Waals surface area (Å²) in [7, 11) is 2.87. The first-order valence-electron chi connectivity index (χ1n) is 7.60. The molecule has 0 aliphatic rings. The number of hydrazone groups is 1. The number of imidazole rings is 1. The largest absolute Gasteiger partial charge is 0.508 e. The number of aromatic nitrogens is 4. The highest BCUT2D eigenvalue weighted by Gasteiger charge is 2.15. The Labute approximate surface area is 146 Å². The molecule has 2 heterocycles. The van der Waals surface area contributed by atoms with Gasteiger partial charge in [-0.3, -0.25) is 18.7 Å². The van der Waals surface area contributed by atoms with Crippen molar-refractivity contribution in [1.29, 1.82) is 0 Å². The third-order valence-electron chi connectivity index (χ3n) is 3.82. The molecule has 0 saturated carbocycles. The lowest BCUT2D eigenvalue weighted by Gasteiger charge is -2.07. The van der Waals surface area contributed by atoms with Crippen molar-refractivity contribution in [1.82, 2.24) is 24.1 Å². The van der Waals surface area contributed by atoms with E-state index in [4.69, 9.17) is 0 Å². The number of hydrogen-bond donors (Lipinski definition) is 2. The number of nitrogens with one attached hydrogen (secondary N) is 1. The number of nitrogens with zero attached hydrogens (tertiary/aromatic N) is 5. The number of amides is 1. The fourth-order valence-electron chi connectivity index (χ4n) is 2.48. The lowest BCUT2D eigenvalue weighted by atomic mass is 10.2. The first-order valence-corrected chi connectivity index (χ1v) is 7.60. The molecule has 0 saturated heterocycles. The summed E-state index contributed by atoms with van der Waals surface area (Å²) in [4.78, 5) is 40.2. The zero-order chi connectivity index (χ0) is 18.8. The van der Waals surface area contributed by atoms with Crippen molar-refractivity contribution in [2.75, 3.05) is 0 Å². The SMILES string of the molecule is Cn1c(=O)c2ncn(CC(=O)N/N=C/c3ccc(O)cc3)c2n(C)c1=O. The Balaban J connectivity index is 1.79. The van der Waals surface area contributed by atoms with Gasteiger partial charge in [-0.05, 0) is 29.8 Å². The van der Waals surface area contributed by atoms with Crippen LogP contribution >= 0.6 is 0 Å². The van der Waals surface area contributed by atoms with Crippen molar-refractivity contribution in [3.05, 3.63) is 57.0 Å². The summed E-state index contributed by atoms with van der Waals surface area (Å²) in [6.07, 6.45) is 2.75.